The number of nitrogens with zero attached hydrogens (tertiary/aromatic N) is 4. The summed E-state index contributed by atoms with van der Waals surface area (Å²) >= 11 is 0. The van der Waals surface area contributed by atoms with Gasteiger partial charge in [0.25, 0.3) is 5.91 Å². The Hall–Kier alpha value is -2.77. The zero-order valence-corrected chi connectivity index (χ0v) is 11.7. The fourth-order valence-electron chi connectivity index (χ4n) is 1.82. The van der Waals surface area contributed by atoms with Gasteiger partial charge in [0.05, 0.1) is 24.8 Å². The van der Waals surface area contributed by atoms with Gasteiger partial charge in [-0.05, 0) is 29.5 Å². The van der Waals surface area contributed by atoms with Gasteiger partial charge >= 0.3 is 5.97 Å². The molecule has 0 fully saturated rings. The first-order valence-electron chi connectivity index (χ1n) is 6.32. The molecule has 0 aliphatic rings. The van der Waals surface area contributed by atoms with Crippen molar-refractivity contribution >= 4 is 11.9 Å². The van der Waals surface area contributed by atoms with Gasteiger partial charge in [0.15, 0.2) is 0 Å². The van der Waals surface area contributed by atoms with E-state index >= 15 is 0 Å². The van der Waals surface area contributed by atoms with Crippen molar-refractivity contribution in [3.8, 4) is 5.69 Å². The average molecular weight is 289 g/mol. The Labute approximate surface area is 121 Å². The Morgan fingerprint density at radius 2 is 2.14 bits per heavy atom. The largest absolute Gasteiger partial charge is 0.469 e. The lowest BCUT2D eigenvalue weighted by molar-refractivity contribution is -0.141. The second-order valence-corrected chi connectivity index (χ2v) is 4.43. The van der Waals surface area contributed by atoms with Crippen molar-refractivity contribution in [1.29, 1.82) is 0 Å². The van der Waals surface area contributed by atoms with Gasteiger partial charge in [-0.25, -0.2) is 0 Å². The van der Waals surface area contributed by atoms with Gasteiger partial charge < -0.3 is 10.1 Å². The van der Waals surface area contributed by atoms with Gasteiger partial charge in [-0.2, -0.15) is 4.68 Å². The van der Waals surface area contributed by atoms with Crippen molar-refractivity contribution in [3.05, 3.63) is 36.2 Å². The summed E-state index contributed by atoms with van der Waals surface area (Å²) < 4.78 is 5.97. The van der Waals surface area contributed by atoms with E-state index in [1.807, 2.05) is 0 Å². The van der Waals surface area contributed by atoms with Crippen LogP contribution in [0.25, 0.3) is 5.69 Å². The molecule has 1 amide bonds. The number of benzene rings is 1. The predicted molar refractivity (Wildman–Crippen MR) is 72.7 cm³/mol. The lowest BCUT2D eigenvalue weighted by atomic mass is 10.1. The lowest BCUT2D eigenvalue weighted by Gasteiger charge is -2.14. The number of tetrazole rings is 1. The molecule has 1 aromatic heterocycles. The third-order valence-electron chi connectivity index (χ3n) is 2.82. The van der Waals surface area contributed by atoms with E-state index in [9.17, 15) is 9.59 Å². The van der Waals surface area contributed by atoms with Crippen LogP contribution in [0, 0.1) is 0 Å². The molecule has 21 heavy (non-hydrogen) atoms. The number of carbonyl (C=O) groups is 2. The Kier molecular flexibility index (Phi) is 4.60. The summed E-state index contributed by atoms with van der Waals surface area (Å²) in [6.07, 6.45) is 1.51. The van der Waals surface area contributed by atoms with Crippen LogP contribution in [0.5, 0.6) is 0 Å². The van der Waals surface area contributed by atoms with Crippen LogP contribution in [-0.4, -0.2) is 45.2 Å². The Balaban J connectivity index is 2.15. The van der Waals surface area contributed by atoms with Crippen LogP contribution < -0.4 is 5.32 Å². The van der Waals surface area contributed by atoms with Gasteiger partial charge in [-0.1, -0.05) is 12.1 Å². The zero-order chi connectivity index (χ0) is 15.2. The average Bonchev–Trinajstić information content (AvgIpc) is 3.01. The fraction of sp³-hybridized carbons (Fsp3) is 0.308. The molecule has 8 nitrogen and oxygen atoms in total. The lowest BCUT2D eigenvalue weighted by Crippen LogP contribution is -2.35. The number of hydrogen-bond acceptors (Lipinski definition) is 6. The number of esters is 1. The number of amides is 1. The minimum Gasteiger partial charge on any atom is -0.469 e. The number of para-hydroxylation sites is 1. The van der Waals surface area contributed by atoms with E-state index < -0.39 is 0 Å². The molecule has 0 bridgehead atoms. The topological polar surface area (TPSA) is 99.0 Å². The molecule has 0 aliphatic carbocycles. The van der Waals surface area contributed by atoms with E-state index in [2.05, 4.69) is 25.6 Å². The van der Waals surface area contributed by atoms with Crippen LogP contribution in [0.3, 0.4) is 0 Å². The van der Waals surface area contributed by atoms with E-state index in [1.54, 1.807) is 31.2 Å². The van der Waals surface area contributed by atoms with Gasteiger partial charge in [0, 0.05) is 6.04 Å². The maximum atomic E-state index is 12.3. The Bertz CT molecular complexity index is 626. The summed E-state index contributed by atoms with van der Waals surface area (Å²) in [4.78, 5) is 23.5. The fourth-order valence-corrected chi connectivity index (χ4v) is 1.82. The monoisotopic (exact) mass is 289 g/mol. The summed E-state index contributed by atoms with van der Waals surface area (Å²) in [6.45, 7) is 1.73. The third-order valence-corrected chi connectivity index (χ3v) is 2.82. The molecule has 1 N–H and O–H groups in total. The molecule has 8 heteroatoms. The summed E-state index contributed by atoms with van der Waals surface area (Å²) in [7, 11) is 1.31. The minimum absolute atomic E-state index is 0.106. The van der Waals surface area contributed by atoms with Crippen LogP contribution in [0.4, 0.5) is 0 Å². The third kappa shape index (κ3) is 3.62. The summed E-state index contributed by atoms with van der Waals surface area (Å²) in [5.41, 5.74) is 0.979. The van der Waals surface area contributed by atoms with Crippen molar-refractivity contribution in [1.82, 2.24) is 25.5 Å². The molecule has 0 radical (unpaired) electrons. The highest BCUT2D eigenvalue weighted by Crippen LogP contribution is 2.13. The summed E-state index contributed by atoms with van der Waals surface area (Å²) in [5.74, 6) is -0.686. The van der Waals surface area contributed by atoms with Crippen molar-refractivity contribution < 1.29 is 14.3 Å². The van der Waals surface area contributed by atoms with Crippen molar-refractivity contribution in [2.45, 2.75) is 19.4 Å². The predicted octanol–water partition coefficient (Wildman–Crippen LogP) is 0.344. The molecule has 0 saturated carbocycles. The number of aromatic nitrogens is 4. The molecular weight excluding hydrogens is 274 g/mol. The molecule has 1 atom stereocenters. The number of rotatable bonds is 5. The number of carbonyl (C=O) groups excluding carboxylic acids is 2. The van der Waals surface area contributed by atoms with Crippen LogP contribution in [0.15, 0.2) is 30.6 Å². The highest BCUT2D eigenvalue weighted by Gasteiger charge is 2.17. The Morgan fingerprint density at radius 3 is 2.81 bits per heavy atom. The quantitative estimate of drug-likeness (QED) is 0.797. The molecule has 0 aliphatic heterocycles. The molecule has 0 spiro atoms. The van der Waals surface area contributed by atoms with Crippen LogP contribution in [0.2, 0.25) is 0 Å². The van der Waals surface area contributed by atoms with Gasteiger partial charge in [-0.15, -0.1) is 5.10 Å². The van der Waals surface area contributed by atoms with Crippen molar-refractivity contribution in [2.75, 3.05) is 7.11 Å². The maximum absolute atomic E-state index is 12.3. The van der Waals surface area contributed by atoms with Gasteiger partial charge in [0.2, 0.25) is 0 Å². The maximum Gasteiger partial charge on any atom is 0.307 e. The number of hydrogen-bond donors (Lipinski definition) is 1. The molecule has 1 heterocycles. The van der Waals surface area contributed by atoms with E-state index in [4.69, 9.17) is 0 Å². The molecule has 1 unspecified atom stereocenters. The smallest absolute Gasteiger partial charge is 0.307 e. The molecular formula is C13H15N5O3. The molecule has 0 saturated heterocycles. The molecule has 110 valence electrons. The second kappa shape index (κ2) is 6.60. The van der Waals surface area contributed by atoms with Crippen molar-refractivity contribution in [2.24, 2.45) is 0 Å². The first kappa shape index (κ1) is 14.6. The summed E-state index contributed by atoms with van der Waals surface area (Å²) in [5, 5.41) is 13.6. The number of nitrogens with one attached hydrogen (secondary N) is 1. The Morgan fingerprint density at radius 1 is 1.38 bits per heavy atom. The van der Waals surface area contributed by atoms with E-state index in [-0.39, 0.29) is 24.3 Å². The van der Waals surface area contributed by atoms with Crippen LogP contribution in [-0.2, 0) is 9.53 Å². The first-order valence-corrected chi connectivity index (χ1v) is 6.32. The minimum atomic E-state index is -0.378. The van der Waals surface area contributed by atoms with Crippen LogP contribution >= 0.6 is 0 Å². The highest BCUT2D eigenvalue weighted by molar-refractivity contribution is 5.98. The SMILES string of the molecule is COC(=O)CC(C)NC(=O)c1ccccc1-n1cnnn1. The number of methoxy groups -OCH3 is 1. The van der Waals surface area contributed by atoms with Gasteiger partial charge in [0.1, 0.15) is 6.33 Å². The summed E-state index contributed by atoms with van der Waals surface area (Å²) in [6, 6.07) is 6.58. The van der Waals surface area contributed by atoms with E-state index in [1.165, 1.54) is 18.1 Å². The number of ether oxygens (including phenoxy) is 1. The highest BCUT2D eigenvalue weighted by atomic mass is 16.5. The standard InChI is InChI=1S/C13H15N5O3/c1-9(7-12(19)21-2)15-13(20)10-5-3-4-6-11(10)18-8-14-16-17-18/h3-6,8-9H,7H2,1-2H3,(H,15,20). The van der Waals surface area contributed by atoms with Crippen molar-refractivity contribution in [3.63, 3.8) is 0 Å². The zero-order valence-electron chi connectivity index (χ0n) is 11.7. The molecule has 1 aromatic carbocycles. The van der Waals surface area contributed by atoms with E-state index in [0.717, 1.165) is 0 Å². The second-order valence-electron chi connectivity index (χ2n) is 4.43. The molecule has 2 aromatic rings. The molecule has 2 rings (SSSR count). The van der Waals surface area contributed by atoms with Crippen LogP contribution in [0.1, 0.15) is 23.7 Å². The first-order chi connectivity index (χ1) is 10.1. The normalized spacial score (nSPS) is 11.7. The van der Waals surface area contributed by atoms with Gasteiger partial charge in [-0.3, -0.25) is 9.59 Å². The van der Waals surface area contributed by atoms with E-state index in [0.29, 0.717) is 11.3 Å².